The summed E-state index contributed by atoms with van der Waals surface area (Å²) in [5.74, 6) is 0. The second kappa shape index (κ2) is 2.58. The highest BCUT2D eigenvalue weighted by atomic mass is 14.0. The Morgan fingerprint density at radius 2 is 1.36 bits per heavy atom. The third-order valence-corrected chi connectivity index (χ3v) is 2.75. The molecule has 0 aromatic heterocycles. The first-order valence-electron chi connectivity index (χ1n) is 4.75. The average Bonchev–Trinajstić information content (AvgIpc) is 2.24. The van der Waals surface area contributed by atoms with Crippen molar-refractivity contribution in [3.05, 3.63) is 53.7 Å². The Morgan fingerprint density at radius 1 is 0.714 bits per heavy atom. The zero-order valence-corrected chi connectivity index (χ0v) is 7.83. The summed E-state index contributed by atoms with van der Waals surface area (Å²) in [6.45, 7) is 4.05. The SMILES string of the molecule is C=c1ccc2cccc3cccc1c32. The van der Waals surface area contributed by atoms with Crippen molar-refractivity contribution in [1.29, 1.82) is 0 Å². The fourth-order valence-corrected chi connectivity index (χ4v) is 2.06. The number of hydrogen-bond acceptors (Lipinski definition) is 0. The molecule has 0 heterocycles. The highest BCUT2D eigenvalue weighted by molar-refractivity contribution is 6.09. The van der Waals surface area contributed by atoms with Crippen molar-refractivity contribution in [1.82, 2.24) is 0 Å². The minimum Gasteiger partial charge on any atom is -0.0911 e. The highest BCUT2D eigenvalue weighted by Crippen LogP contribution is 2.23. The molecule has 3 aromatic carbocycles. The third-order valence-electron chi connectivity index (χ3n) is 2.75. The van der Waals surface area contributed by atoms with Gasteiger partial charge in [-0.05, 0) is 26.8 Å². The van der Waals surface area contributed by atoms with E-state index in [9.17, 15) is 0 Å². The van der Waals surface area contributed by atoms with Crippen LogP contribution in [0.1, 0.15) is 0 Å². The van der Waals surface area contributed by atoms with Crippen LogP contribution in [0, 0.1) is 0 Å². The molecule has 0 atom stereocenters. The summed E-state index contributed by atoms with van der Waals surface area (Å²) >= 11 is 0. The second-order valence-corrected chi connectivity index (χ2v) is 3.61. The number of rotatable bonds is 0. The molecule has 66 valence electrons. The van der Waals surface area contributed by atoms with E-state index in [2.05, 4.69) is 55.1 Å². The molecule has 3 rings (SSSR count). The molecule has 0 aliphatic heterocycles. The molecule has 0 N–H and O–H groups in total. The summed E-state index contributed by atoms with van der Waals surface area (Å²) in [7, 11) is 0. The van der Waals surface area contributed by atoms with Crippen molar-refractivity contribution in [2.75, 3.05) is 0 Å². The smallest absolute Gasteiger partial charge is 0.00331 e. The Morgan fingerprint density at radius 3 is 2.14 bits per heavy atom. The molecular weight excluding hydrogens is 168 g/mol. The minimum atomic E-state index is 1.11. The van der Waals surface area contributed by atoms with E-state index >= 15 is 0 Å². The predicted octanol–water partition coefficient (Wildman–Crippen LogP) is 3.12. The molecule has 0 aliphatic carbocycles. The van der Waals surface area contributed by atoms with Crippen molar-refractivity contribution >= 4 is 28.1 Å². The Balaban J connectivity index is 2.79. The normalized spacial score (nSPS) is 11.1. The molecule has 0 unspecified atom stereocenters. The average molecular weight is 178 g/mol. The van der Waals surface area contributed by atoms with Gasteiger partial charge in [-0.2, -0.15) is 0 Å². The van der Waals surface area contributed by atoms with Crippen LogP contribution in [-0.2, 0) is 0 Å². The van der Waals surface area contributed by atoms with Gasteiger partial charge in [-0.3, -0.25) is 0 Å². The van der Waals surface area contributed by atoms with Gasteiger partial charge in [0.1, 0.15) is 0 Å². The van der Waals surface area contributed by atoms with Gasteiger partial charge < -0.3 is 0 Å². The first kappa shape index (κ1) is 7.57. The van der Waals surface area contributed by atoms with Gasteiger partial charge in [0.05, 0.1) is 0 Å². The molecule has 0 bridgehead atoms. The molecule has 0 radical (unpaired) electrons. The van der Waals surface area contributed by atoms with Gasteiger partial charge in [0.2, 0.25) is 0 Å². The maximum absolute atomic E-state index is 4.05. The largest absolute Gasteiger partial charge is 0.0911 e. The molecule has 0 aliphatic rings. The lowest BCUT2D eigenvalue weighted by Crippen LogP contribution is -1.98. The molecule has 14 heavy (non-hydrogen) atoms. The van der Waals surface area contributed by atoms with Gasteiger partial charge in [-0.15, -0.1) is 0 Å². The van der Waals surface area contributed by atoms with Crippen LogP contribution < -0.4 is 5.22 Å². The summed E-state index contributed by atoms with van der Waals surface area (Å²) in [6, 6.07) is 17.0. The molecule has 0 saturated carbocycles. The maximum atomic E-state index is 4.05. The maximum Gasteiger partial charge on any atom is -0.00331 e. The zero-order chi connectivity index (χ0) is 9.54. The van der Waals surface area contributed by atoms with Crippen LogP contribution in [0.25, 0.3) is 28.1 Å². The van der Waals surface area contributed by atoms with E-state index in [1.54, 1.807) is 0 Å². The zero-order valence-electron chi connectivity index (χ0n) is 7.83. The molecular formula is C14H10. The van der Waals surface area contributed by atoms with Crippen LogP contribution in [0.2, 0.25) is 0 Å². The molecule has 0 saturated heterocycles. The summed E-state index contributed by atoms with van der Waals surface area (Å²) in [4.78, 5) is 0. The van der Waals surface area contributed by atoms with E-state index in [4.69, 9.17) is 0 Å². The fraction of sp³-hybridized carbons (Fsp3) is 0. The van der Waals surface area contributed by atoms with Crippen LogP contribution in [-0.4, -0.2) is 0 Å². The molecule has 0 nitrogen and oxygen atoms in total. The molecule has 0 heteroatoms. The van der Waals surface area contributed by atoms with E-state index in [0.717, 1.165) is 5.22 Å². The lowest BCUT2D eigenvalue weighted by molar-refractivity contribution is 1.72. The monoisotopic (exact) mass is 178 g/mol. The minimum absolute atomic E-state index is 1.11. The van der Waals surface area contributed by atoms with E-state index in [1.807, 2.05) is 0 Å². The summed E-state index contributed by atoms with van der Waals surface area (Å²) in [5, 5.41) is 6.30. The van der Waals surface area contributed by atoms with Crippen LogP contribution in [0.3, 0.4) is 0 Å². The molecule has 3 aromatic rings. The van der Waals surface area contributed by atoms with Crippen LogP contribution in [0.15, 0.2) is 48.5 Å². The van der Waals surface area contributed by atoms with Gasteiger partial charge in [-0.25, -0.2) is 0 Å². The summed E-state index contributed by atoms with van der Waals surface area (Å²) in [5.41, 5.74) is 0. The van der Waals surface area contributed by atoms with E-state index in [1.165, 1.54) is 21.5 Å². The van der Waals surface area contributed by atoms with E-state index in [-0.39, 0.29) is 0 Å². The number of hydrogen-bond donors (Lipinski definition) is 0. The Hall–Kier alpha value is -1.82. The molecule has 0 amide bonds. The second-order valence-electron chi connectivity index (χ2n) is 3.61. The summed E-state index contributed by atoms with van der Waals surface area (Å²) in [6.07, 6.45) is 0. The van der Waals surface area contributed by atoms with Crippen LogP contribution >= 0.6 is 0 Å². The molecule has 0 spiro atoms. The lowest BCUT2D eigenvalue weighted by atomic mass is 10.00. The first-order chi connectivity index (χ1) is 6.86. The highest BCUT2D eigenvalue weighted by Gasteiger charge is 2.00. The lowest BCUT2D eigenvalue weighted by Gasteiger charge is -2.04. The van der Waals surface area contributed by atoms with Crippen molar-refractivity contribution in [3.8, 4) is 0 Å². The van der Waals surface area contributed by atoms with Gasteiger partial charge >= 0.3 is 0 Å². The Bertz CT molecular complexity index is 627. The van der Waals surface area contributed by atoms with E-state index in [0.29, 0.717) is 0 Å². The standard InChI is InChI=1S/C14H10/c1-10-8-9-12-5-2-4-11-6-3-7-13(10)14(11)12/h2-9H,1H2. The first-order valence-corrected chi connectivity index (χ1v) is 4.75. The van der Waals surface area contributed by atoms with Gasteiger partial charge in [0.15, 0.2) is 0 Å². The van der Waals surface area contributed by atoms with E-state index < -0.39 is 0 Å². The molecule has 0 fully saturated rings. The quantitative estimate of drug-likeness (QED) is 0.496. The fourth-order valence-electron chi connectivity index (χ4n) is 2.06. The number of benzene rings is 3. The Kier molecular flexibility index (Phi) is 1.40. The van der Waals surface area contributed by atoms with Gasteiger partial charge in [-0.1, -0.05) is 55.1 Å². The topological polar surface area (TPSA) is 0 Å². The van der Waals surface area contributed by atoms with Crippen molar-refractivity contribution < 1.29 is 0 Å². The van der Waals surface area contributed by atoms with Crippen molar-refractivity contribution in [2.24, 2.45) is 0 Å². The van der Waals surface area contributed by atoms with Crippen LogP contribution in [0.4, 0.5) is 0 Å². The van der Waals surface area contributed by atoms with Crippen molar-refractivity contribution in [3.63, 3.8) is 0 Å². The van der Waals surface area contributed by atoms with Gasteiger partial charge in [0.25, 0.3) is 0 Å². The van der Waals surface area contributed by atoms with Crippen LogP contribution in [0.5, 0.6) is 0 Å². The van der Waals surface area contributed by atoms with Crippen molar-refractivity contribution in [2.45, 2.75) is 0 Å². The predicted molar refractivity (Wildman–Crippen MR) is 62.2 cm³/mol. The summed E-state index contributed by atoms with van der Waals surface area (Å²) < 4.78 is 0. The van der Waals surface area contributed by atoms with Gasteiger partial charge in [0, 0.05) is 0 Å². The Labute approximate surface area is 82.5 Å². The third kappa shape index (κ3) is 0.882.